The van der Waals surface area contributed by atoms with Gasteiger partial charge in [-0.05, 0) is 85.8 Å². The number of hydrogen-bond acceptors (Lipinski definition) is 4. The van der Waals surface area contributed by atoms with Crippen LogP contribution in [0.25, 0.3) is 12.2 Å². The lowest BCUT2D eigenvalue weighted by molar-refractivity contribution is 0.147. The topological polar surface area (TPSA) is 40.5 Å². The number of hydrogen-bond donors (Lipinski definition) is 2. The van der Waals surface area contributed by atoms with Crippen molar-refractivity contribution in [3.05, 3.63) is 43.8 Å². The first-order valence-electron chi connectivity index (χ1n) is 11.3. The number of unbranched alkanes of at least 4 members (excludes halogenated alkanes) is 2. The van der Waals surface area contributed by atoms with Gasteiger partial charge < -0.3 is 10.2 Å². The van der Waals surface area contributed by atoms with Crippen molar-refractivity contribution in [3.8, 4) is 0 Å². The molecule has 168 valence electrons. The van der Waals surface area contributed by atoms with E-state index in [0.717, 1.165) is 25.7 Å². The van der Waals surface area contributed by atoms with Gasteiger partial charge in [0.05, 0.1) is 0 Å². The highest BCUT2D eigenvalue weighted by Crippen LogP contribution is 2.27. The molecule has 2 aromatic heterocycles. The first kappa shape index (κ1) is 25.3. The molecule has 2 rings (SSSR count). The van der Waals surface area contributed by atoms with Gasteiger partial charge in [0.25, 0.3) is 0 Å². The van der Waals surface area contributed by atoms with Crippen molar-refractivity contribution in [1.82, 2.24) is 0 Å². The lowest BCUT2D eigenvalue weighted by Gasteiger charge is -2.20. The molecule has 0 atom stereocenters. The van der Waals surface area contributed by atoms with Crippen LogP contribution in [0.2, 0.25) is 0 Å². The van der Waals surface area contributed by atoms with E-state index < -0.39 is 0 Å². The molecular weight excluding hydrogens is 408 g/mol. The van der Waals surface area contributed by atoms with E-state index in [-0.39, 0.29) is 24.0 Å². The van der Waals surface area contributed by atoms with E-state index in [2.05, 4.69) is 64.1 Å². The fourth-order valence-corrected chi connectivity index (χ4v) is 5.28. The van der Waals surface area contributed by atoms with Gasteiger partial charge in [-0.25, -0.2) is 0 Å². The summed E-state index contributed by atoms with van der Waals surface area (Å²) in [7, 11) is 0. The van der Waals surface area contributed by atoms with E-state index >= 15 is 0 Å². The molecule has 0 aliphatic rings. The Kier molecular flexibility index (Phi) is 10.3. The van der Waals surface area contributed by atoms with Crippen LogP contribution >= 0.6 is 22.7 Å². The van der Waals surface area contributed by atoms with Crippen molar-refractivity contribution < 1.29 is 10.2 Å². The summed E-state index contributed by atoms with van der Waals surface area (Å²) in [4.78, 5) is 5.55. The maximum absolute atomic E-state index is 9.35. The van der Waals surface area contributed by atoms with Gasteiger partial charge in [0.2, 0.25) is 0 Å². The Morgan fingerprint density at radius 1 is 0.667 bits per heavy atom. The van der Waals surface area contributed by atoms with E-state index in [0.29, 0.717) is 0 Å². The molecular formula is C26H40O2S2. The average molecular weight is 449 g/mol. The Morgan fingerprint density at radius 3 is 1.43 bits per heavy atom. The monoisotopic (exact) mass is 448 g/mol. The smallest absolute Gasteiger partial charge is 0.0482 e. The normalized spacial score (nSPS) is 12.9. The molecule has 0 unspecified atom stereocenters. The highest BCUT2D eigenvalue weighted by molar-refractivity contribution is 7.13. The molecule has 0 bridgehead atoms. The van der Waals surface area contributed by atoms with Crippen LogP contribution in [0.3, 0.4) is 0 Å². The van der Waals surface area contributed by atoms with Crippen molar-refractivity contribution in [3.63, 3.8) is 0 Å². The Hall–Kier alpha value is -0.940. The van der Waals surface area contributed by atoms with Crippen LogP contribution in [0.4, 0.5) is 0 Å². The van der Waals surface area contributed by atoms with Crippen molar-refractivity contribution in [2.45, 2.75) is 79.1 Å². The van der Waals surface area contributed by atoms with Crippen molar-refractivity contribution >= 4 is 34.8 Å². The van der Waals surface area contributed by atoms with Gasteiger partial charge >= 0.3 is 0 Å². The predicted molar refractivity (Wildman–Crippen MR) is 134 cm³/mol. The fraction of sp³-hybridized carbons (Fsp3) is 0.615. The second-order valence-corrected chi connectivity index (χ2v) is 12.4. The summed E-state index contributed by atoms with van der Waals surface area (Å²) in [6.45, 7) is 9.08. The SMILES string of the molecule is CC(C)(CO)CCCCc1ccc(/C=C\c2ccc(CCCCC(C)(C)CO)s2)s1. The van der Waals surface area contributed by atoms with Crippen molar-refractivity contribution in [2.75, 3.05) is 13.2 Å². The van der Waals surface area contributed by atoms with Gasteiger partial charge in [-0.15, -0.1) is 22.7 Å². The Labute approximate surface area is 191 Å². The number of rotatable bonds is 14. The maximum Gasteiger partial charge on any atom is 0.0482 e. The Morgan fingerprint density at radius 2 is 1.07 bits per heavy atom. The molecule has 2 nitrogen and oxygen atoms in total. The molecule has 30 heavy (non-hydrogen) atoms. The number of aryl methyl sites for hydroxylation is 2. The molecule has 0 saturated carbocycles. The second kappa shape index (κ2) is 12.2. The molecule has 4 heteroatoms. The van der Waals surface area contributed by atoms with Crippen molar-refractivity contribution in [2.24, 2.45) is 10.8 Å². The summed E-state index contributed by atoms with van der Waals surface area (Å²) in [5.41, 5.74) is 0.109. The zero-order valence-corrected chi connectivity index (χ0v) is 20.9. The van der Waals surface area contributed by atoms with Crippen LogP contribution < -0.4 is 0 Å². The van der Waals surface area contributed by atoms with Gasteiger partial charge in [0, 0.05) is 32.7 Å². The highest BCUT2D eigenvalue weighted by Gasteiger charge is 2.16. The van der Waals surface area contributed by atoms with E-state index in [9.17, 15) is 10.2 Å². The lowest BCUT2D eigenvalue weighted by Crippen LogP contribution is -2.16. The molecule has 0 saturated heterocycles. The Balaban J connectivity index is 1.72. The molecule has 2 N–H and O–H groups in total. The molecule has 0 aliphatic heterocycles. The van der Waals surface area contributed by atoms with Crippen LogP contribution in [0.1, 0.15) is 85.7 Å². The van der Waals surface area contributed by atoms with Crippen LogP contribution in [0.5, 0.6) is 0 Å². The van der Waals surface area contributed by atoms with Crippen LogP contribution in [-0.4, -0.2) is 23.4 Å². The molecule has 0 amide bonds. The van der Waals surface area contributed by atoms with Gasteiger partial charge in [0.1, 0.15) is 0 Å². The van der Waals surface area contributed by atoms with Gasteiger partial charge in [0.15, 0.2) is 0 Å². The standard InChI is InChI=1S/C26H40O2S2/c1-25(2,19-27)17-7-5-9-21-11-13-23(29-21)15-16-24-14-12-22(30-24)10-6-8-18-26(3,4)20-28/h11-16,27-28H,5-10,17-20H2,1-4H3/b16-15-. The number of aliphatic hydroxyl groups excluding tert-OH is 2. The van der Waals surface area contributed by atoms with Crippen molar-refractivity contribution in [1.29, 1.82) is 0 Å². The maximum atomic E-state index is 9.35. The largest absolute Gasteiger partial charge is 0.396 e. The van der Waals surface area contributed by atoms with E-state index in [4.69, 9.17) is 0 Å². The summed E-state index contributed by atoms with van der Waals surface area (Å²) in [6.07, 6.45) is 13.6. The first-order valence-corrected chi connectivity index (χ1v) is 12.9. The molecule has 0 radical (unpaired) electrons. The molecule has 0 aliphatic carbocycles. The van der Waals surface area contributed by atoms with Gasteiger partial charge in [-0.3, -0.25) is 0 Å². The van der Waals surface area contributed by atoms with Crippen LogP contribution in [-0.2, 0) is 12.8 Å². The Bertz CT molecular complexity index is 703. The zero-order valence-electron chi connectivity index (χ0n) is 19.2. The third-order valence-electron chi connectivity index (χ3n) is 5.69. The fourth-order valence-electron chi connectivity index (χ4n) is 3.36. The highest BCUT2D eigenvalue weighted by atomic mass is 32.1. The third kappa shape index (κ3) is 9.47. The summed E-state index contributed by atoms with van der Waals surface area (Å²) >= 11 is 3.78. The van der Waals surface area contributed by atoms with Gasteiger partial charge in [-0.1, -0.05) is 40.5 Å². The second-order valence-electron chi connectivity index (χ2n) is 10.0. The van der Waals surface area contributed by atoms with E-state index in [1.54, 1.807) is 0 Å². The molecule has 2 aromatic rings. The molecule has 0 spiro atoms. The van der Waals surface area contributed by atoms with Gasteiger partial charge in [-0.2, -0.15) is 0 Å². The van der Waals surface area contributed by atoms with Crippen LogP contribution in [0.15, 0.2) is 24.3 Å². The minimum Gasteiger partial charge on any atom is -0.396 e. The summed E-state index contributed by atoms with van der Waals surface area (Å²) in [5, 5.41) is 18.7. The average Bonchev–Trinajstić information content (AvgIpc) is 3.36. The third-order valence-corrected chi connectivity index (χ3v) is 7.91. The quantitative estimate of drug-likeness (QED) is 0.295. The molecule has 0 aromatic carbocycles. The predicted octanol–water partition coefficient (Wildman–Crippen LogP) is 7.44. The first-order chi connectivity index (χ1) is 14.2. The lowest BCUT2D eigenvalue weighted by atomic mass is 9.88. The van der Waals surface area contributed by atoms with Crippen LogP contribution in [0, 0.1) is 10.8 Å². The molecule has 0 fully saturated rings. The minimum atomic E-state index is 0.0545. The van der Waals surface area contributed by atoms with E-state index in [1.807, 2.05) is 22.7 Å². The molecule has 2 heterocycles. The summed E-state index contributed by atoms with van der Waals surface area (Å²) in [5.74, 6) is 0. The summed E-state index contributed by atoms with van der Waals surface area (Å²) < 4.78 is 0. The number of aliphatic hydroxyl groups is 2. The minimum absolute atomic E-state index is 0.0545. The number of thiophene rings is 2. The summed E-state index contributed by atoms with van der Waals surface area (Å²) in [6, 6.07) is 8.97. The zero-order chi connectivity index (χ0) is 22.0. The van der Waals surface area contributed by atoms with E-state index in [1.165, 1.54) is 45.2 Å².